The minimum absolute atomic E-state index is 0.412. The van der Waals surface area contributed by atoms with Crippen molar-refractivity contribution in [2.24, 2.45) is 0 Å². The van der Waals surface area contributed by atoms with Crippen LogP contribution in [0.3, 0.4) is 0 Å². The molecule has 17 heavy (non-hydrogen) atoms. The summed E-state index contributed by atoms with van der Waals surface area (Å²) >= 11 is 0. The van der Waals surface area contributed by atoms with Gasteiger partial charge in [0, 0.05) is 13.6 Å². The van der Waals surface area contributed by atoms with E-state index in [0.29, 0.717) is 13.0 Å². The third kappa shape index (κ3) is 3.59. The van der Waals surface area contributed by atoms with Crippen LogP contribution in [0.1, 0.15) is 16.7 Å². The Kier molecular flexibility index (Phi) is 4.26. The maximum Gasteiger partial charge on any atom is 0.394 e. The summed E-state index contributed by atoms with van der Waals surface area (Å²) in [4.78, 5) is 22.9. The molecule has 0 radical (unpaired) electrons. The topological polar surface area (TPSA) is 57.6 Å². The van der Waals surface area contributed by atoms with E-state index in [1.807, 2.05) is 26.0 Å². The molecule has 0 aliphatic heterocycles. The zero-order valence-electron chi connectivity index (χ0n) is 10.4. The molecular formula is C13H17NO3. The van der Waals surface area contributed by atoms with E-state index >= 15 is 0 Å². The highest BCUT2D eigenvalue weighted by molar-refractivity contribution is 6.31. The zero-order valence-corrected chi connectivity index (χ0v) is 10.4. The molecule has 0 unspecified atom stereocenters. The number of carbonyl (C=O) groups is 2. The van der Waals surface area contributed by atoms with Gasteiger partial charge in [-0.3, -0.25) is 4.79 Å². The highest BCUT2D eigenvalue weighted by Crippen LogP contribution is 2.11. The molecule has 1 amide bonds. The maximum atomic E-state index is 11.1. The first-order chi connectivity index (χ1) is 7.91. The number of rotatable bonds is 3. The van der Waals surface area contributed by atoms with E-state index in [1.54, 1.807) is 0 Å². The molecule has 0 saturated carbocycles. The Morgan fingerprint density at radius 1 is 1.29 bits per heavy atom. The number of aliphatic carboxylic acids is 1. The molecule has 1 aromatic rings. The summed E-state index contributed by atoms with van der Waals surface area (Å²) in [5.41, 5.74) is 3.47. The molecule has 4 nitrogen and oxygen atoms in total. The van der Waals surface area contributed by atoms with Gasteiger partial charge in [0.05, 0.1) is 0 Å². The predicted molar refractivity (Wildman–Crippen MR) is 64.9 cm³/mol. The van der Waals surface area contributed by atoms with Crippen LogP contribution in [0.2, 0.25) is 0 Å². The lowest BCUT2D eigenvalue weighted by Crippen LogP contribution is -2.34. The Morgan fingerprint density at radius 2 is 1.94 bits per heavy atom. The lowest BCUT2D eigenvalue weighted by molar-refractivity contribution is -0.155. The van der Waals surface area contributed by atoms with E-state index in [0.717, 1.165) is 16.7 Å². The van der Waals surface area contributed by atoms with Crippen LogP contribution in [-0.2, 0) is 16.0 Å². The molecule has 4 heteroatoms. The molecule has 0 heterocycles. The van der Waals surface area contributed by atoms with Gasteiger partial charge in [0.15, 0.2) is 0 Å². The number of likely N-dealkylation sites (N-methyl/N-ethyl adjacent to an activating group) is 1. The van der Waals surface area contributed by atoms with Crippen molar-refractivity contribution < 1.29 is 14.7 Å². The Balaban J connectivity index is 2.64. The second kappa shape index (κ2) is 5.48. The molecule has 0 aliphatic rings. The number of amides is 1. The first-order valence-corrected chi connectivity index (χ1v) is 5.46. The highest BCUT2D eigenvalue weighted by atomic mass is 16.4. The molecule has 1 aromatic carbocycles. The van der Waals surface area contributed by atoms with Crippen LogP contribution in [-0.4, -0.2) is 35.5 Å². The summed E-state index contributed by atoms with van der Waals surface area (Å²) in [6.07, 6.45) is 0.670. The average molecular weight is 235 g/mol. The van der Waals surface area contributed by atoms with Crippen LogP contribution in [0.5, 0.6) is 0 Å². The van der Waals surface area contributed by atoms with E-state index in [9.17, 15) is 9.59 Å². The van der Waals surface area contributed by atoms with Gasteiger partial charge in [-0.1, -0.05) is 23.8 Å². The van der Waals surface area contributed by atoms with Gasteiger partial charge in [-0.2, -0.15) is 0 Å². The van der Waals surface area contributed by atoms with E-state index in [4.69, 9.17) is 5.11 Å². The summed E-state index contributed by atoms with van der Waals surface area (Å²) < 4.78 is 0. The molecule has 0 spiro atoms. The molecule has 0 aliphatic carbocycles. The fraction of sp³-hybridized carbons (Fsp3) is 0.385. The molecule has 0 saturated heterocycles. The Hall–Kier alpha value is -1.84. The van der Waals surface area contributed by atoms with Crippen molar-refractivity contribution in [3.8, 4) is 0 Å². The second-order valence-electron chi connectivity index (χ2n) is 4.21. The molecule has 1 N–H and O–H groups in total. The smallest absolute Gasteiger partial charge is 0.394 e. The van der Waals surface area contributed by atoms with Crippen LogP contribution < -0.4 is 0 Å². The minimum Gasteiger partial charge on any atom is -0.474 e. The summed E-state index contributed by atoms with van der Waals surface area (Å²) in [5, 5.41) is 8.56. The van der Waals surface area contributed by atoms with Crippen molar-refractivity contribution in [2.45, 2.75) is 20.3 Å². The van der Waals surface area contributed by atoms with E-state index < -0.39 is 11.9 Å². The summed E-state index contributed by atoms with van der Waals surface area (Å²) in [7, 11) is 1.50. The normalized spacial score (nSPS) is 10.1. The average Bonchev–Trinajstić information content (AvgIpc) is 2.28. The molecule has 0 fully saturated rings. The number of benzene rings is 1. The summed E-state index contributed by atoms with van der Waals surface area (Å²) in [6, 6.07) is 6.13. The van der Waals surface area contributed by atoms with Gasteiger partial charge in [0.1, 0.15) is 0 Å². The number of carbonyl (C=O) groups excluding carboxylic acids is 1. The van der Waals surface area contributed by atoms with E-state index in [-0.39, 0.29) is 0 Å². The first kappa shape index (κ1) is 13.2. The van der Waals surface area contributed by atoms with Crippen LogP contribution in [0.25, 0.3) is 0 Å². The Bertz CT molecular complexity index is 440. The van der Waals surface area contributed by atoms with Gasteiger partial charge in [0.2, 0.25) is 0 Å². The SMILES string of the molecule is Cc1ccc(C)c(CCN(C)C(=O)C(=O)O)c1. The quantitative estimate of drug-likeness (QED) is 0.805. The monoisotopic (exact) mass is 235 g/mol. The summed E-state index contributed by atoms with van der Waals surface area (Å²) in [6.45, 7) is 4.43. The van der Waals surface area contributed by atoms with Gasteiger partial charge in [0.25, 0.3) is 0 Å². The lowest BCUT2D eigenvalue weighted by atomic mass is 10.0. The zero-order chi connectivity index (χ0) is 13.0. The highest BCUT2D eigenvalue weighted by Gasteiger charge is 2.16. The number of hydrogen-bond donors (Lipinski definition) is 1. The van der Waals surface area contributed by atoms with Gasteiger partial charge in [-0.15, -0.1) is 0 Å². The maximum absolute atomic E-state index is 11.1. The number of carboxylic acid groups (broad SMARTS) is 1. The Labute approximate surface area is 101 Å². The third-order valence-corrected chi connectivity index (χ3v) is 2.75. The molecule has 0 aromatic heterocycles. The predicted octanol–water partition coefficient (Wildman–Crippen LogP) is 1.39. The molecule has 1 rings (SSSR count). The van der Waals surface area contributed by atoms with Crippen LogP contribution in [0, 0.1) is 13.8 Å². The van der Waals surface area contributed by atoms with Crippen LogP contribution in [0.15, 0.2) is 18.2 Å². The Morgan fingerprint density at radius 3 is 2.53 bits per heavy atom. The van der Waals surface area contributed by atoms with Gasteiger partial charge in [-0.05, 0) is 31.4 Å². The van der Waals surface area contributed by atoms with Crippen molar-refractivity contribution >= 4 is 11.9 Å². The standard InChI is InChI=1S/C13H17NO3/c1-9-4-5-10(2)11(8-9)6-7-14(3)12(15)13(16)17/h4-5,8H,6-7H2,1-3H3,(H,16,17). The largest absolute Gasteiger partial charge is 0.474 e. The van der Waals surface area contributed by atoms with Crippen LogP contribution in [0.4, 0.5) is 0 Å². The van der Waals surface area contributed by atoms with Gasteiger partial charge in [-0.25, -0.2) is 4.79 Å². The molecule has 0 atom stereocenters. The summed E-state index contributed by atoms with van der Waals surface area (Å²) in [5.74, 6) is -2.27. The van der Waals surface area contributed by atoms with Crippen LogP contribution >= 0.6 is 0 Å². The third-order valence-electron chi connectivity index (χ3n) is 2.75. The van der Waals surface area contributed by atoms with E-state index in [2.05, 4.69) is 6.07 Å². The van der Waals surface area contributed by atoms with Crippen molar-refractivity contribution in [2.75, 3.05) is 13.6 Å². The minimum atomic E-state index is -1.41. The fourth-order valence-electron chi connectivity index (χ4n) is 1.62. The van der Waals surface area contributed by atoms with Gasteiger partial charge >= 0.3 is 11.9 Å². The first-order valence-electron chi connectivity index (χ1n) is 5.46. The number of aryl methyl sites for hydroxylation is 2. The van der Waals surface area contributed by atoms with Crippen molar-refractivity contribution in [3.63, 3.8) is 0 Å². The van der Waals surface area contributed by atoms with Crippen molar-refractivity contribution in [3.05, 3.63) is 34.9 Å². The number of carboxylic acids is 1. The second-order valence-corrected chi connectivity index (χ2v) is 4.21. The molecular weight excluding hydrogens is 218 g/mol. The number of hydrogen-bond acceptors (Lipinski definition) is 2. The molecule has 0 bridgehead atoms. The van der Waals surface area contributed by atoms with E-state index in [1.165, 1.54) is 11.9 Å². The molecule has 92 valence electrons. The van der Waals surface area contributed by atoms with Gasteiger partial charge < -0.3 is 10.0 Å². The number of nitrogens with zero attached hydrogens (tertiary/aromatic N) is 1. The lowest BCUT2D eigenvalue weighted by Gasteiger charge is -2.15. The fourth-order valence-corrected chi connectivity index (χ4v) is 1.62. The van der Waals surface area contributed by atoms with Crippen molar-refractivity contribution in [1.29, 1.82) is 0 Å². The van der Waals surface area contributed by atoms with Crippen molar-refractivity contribution in [1.82, 2.24) is 4.90 Å².